The Morgan fingerprint density at radius 3 is 2.74 bits per heavy atom. The molecule has 0 bridgehead atoms. The van der Waals surface area contributed by atoms with E-state index in [9.17, 15) is 9.59 Å². The van der Waals surface area contributed by atoms with E-state index in [4.69, 9.17) is 4.74 Å². The highest BCUT2D eigenvalue weighted by molar-refractivity contribution is 5.95. The molecule has 1 atom stereocenters. The van der Waals surface area contributed by atoms with Crippen molar-refractivity contribution in [2.45, 2.75) is 26.7 Å². The second kappa shape index (κ2) is 9.16. The van der Waals surface area contributed by atoms with Crippen LogP contribution >= 0.6 is 0 Å². The molecule has 1 saturated heterocycles. The second-order valence-corrected chi connectivity index (χ2v) is 8.10. The molecule has 2 aromatic heterocycles. The number of hydrogen-bond donors (Lipinski definition) is 0. The van der Waals surface area contributed by atoms with E-state index in [0.29, 0.717) is 30.9 Å². The minimum Gasteiger partial charge on any atom is -0.493 e. The number of rotatable bonds is 5. The highest BCUT2D eigenvalue weighted by Crippen LogP contribution is 2.22. The molecule has 3 aromatic rings. The summed E-state index contributed by atoms with van der Waals surface area (Å²) in [6.45, 7) is 5.64. The number of para-hydroxylation sites is 1. The molecule has 160 valence electrons. The quantitative estimate of drug-likeness (QED) is 0.634. The SMILES string of the molecule is Cc1ccccc1OCC1CCCN(C(=O)c2c(C)ccn(-c3cccnc3)c2=O)C1. The Morgan fingerprint density at radius 1 is 1.13 bits per heavy atom. The van der Waals surface area contributed by atoms with Crippen LogP contribution < -0.4 is 10.3 Å². The predicted octanol–water partition coefficient (Wildman–Crippen LogP) is 3.78. The van der Waals surface area contributed by atoms with Gasteiger partial charge in [0.05, 0.1) is 18.5 Å². The predicted molar refractivity (Wildman–Crippen MR) is 120 cm³/mol. The fourth-order valence-electron chi connectivity index (χ4n) is 4.06. The van der Waals surface area contributed by atoms with Gasteiger partial charge in [-0.05, 0) is 62.1 Å². The molecule has 0 saturated carbocycles. The number of amides is 1. The van der Waals surface area contributed by atoms with Crippen LogP contribution in [0, 0.1) is 19.8 Å². The highest BCUT2D eigenvalue weighted by Gasteiger charge is 2.28. The van der Waals surface area contributed by atoms with Crippen LogP contribution in [0.2, 0.25) is 0 Å². The van der Waals surface area contributed by atoms with E-state index in [-0.39, 0.29) is 22.9 Å². The van der Waals surface area contributed by atoms with Crippen LogP contribution in [0.25, 0.3) is 5.69 Å². The smallest absolute Gasteiger partial charge is 0.268 e. The zero-order chi connectivity index (χ0) is 21.8. The summed E-state index contributed by atoms with van der Waals surface area (Å²) in [5.74, 6) is 0.910. The zero-order valence-electron chi connectivity index (χ0n) is 18.0. The highest BCUT2D eigenvalue weighted by atomic mass is 16.5. The van der Waals surface area contributed by atoms with E-state index in [0.717, 1.165) is 24.2 Å². The first-order valence-electron chi connectivity index (χ1n) is 10.6. The average molecular weight is 418 g/mol. The first kappa shape index (κ1) is 20.8. The Bertz CT molecular complexity index is 1120. The minimum absolute atomic E-state index is 0.207. The lowest BCUT2D eigenvalue weighted by Crippen LogP contribution is -2.44. The molecule has 1 amide bonds. The van der Waals surface area contributed by atoms with Gasteiger partial charge >= 0.3 is 0 Å². The van der Waals surface area contributed by atoms with Crippen LogP contribution in [0.4, 0.5) is 0 Å². The van der Waals surface area contributed by atoms with Crippen LogP contribution in [0.5, 0.6) is 5.75 Å². The van der Waals surface area contributed by atoms with Gasteiger partial charge in [-0.1, -0.05) is 18.2 Å². The van der Waals surface area contributed by atoms with Gasteiger partial charge in [0.2, 0.25) is 0 Å². The summed E-state index contributed by atoms with van der Waals surface area (Å²) >= 11 is 0. The third-order valence-electron chi connectivity index (χ3n) is 5.81. The Balaban J connectivity index is 1.51. The third-order valence-corrected chi connectivity index (χ3v) is 5.81. The molecule has 4 rings (SSSR count). The molecule has 0 aliphatic carbocycles. The number of ether oxygens (including phenoxy) is 1. The monoisotopic (exact) mass is 417 g/mol. The number of hydrogen-bond acceptors (Lipinski definition) is 4. The number of nitrogens with zero attached hydrogens (tertiary/aromatic N) is 3. The van der Waals surface area contributed by atoms with Gasteiger partial charge in [0.25, 0.3) is 11.5 Å². The lowest BCUT2D eigenvalue weighted by Gasteiger charge is -2.33. The van der Waals surface area contributed by atoms with Crippen LogP contribution in [0.3, 0.4) is 0 Å². The molecule has 1 unspecified atom stereocenters. The molecular formula is C25H27N3O3. The van der Waals surface area contributed by atoms with Crippen LogP contribution in [-0.2, 0) is 0 Å². The topological polar surface area (TPSA) is 64.4 Å². The molecule has 0 radical (unpaired) electrons. The lowest BCUT2D eigenvalue weighted by molar-refractivity contribution is 0.0630. The van der Waals surface area contributed by atoms with Crippen molar-refractivity contribution in [3.63, 3.8) is 0 Å². The Labute approximate surface area is 182 Å². The first-order valence-corrected chi connectivity index (χ1v) is 10.6. The molecule has 31 heavy (non-hydrogen) atoms. The average Bonchev–Trinajstić information content (AvgIpc) is 2.79. The van der Waals surface area contributed by atoms with E-state index >= 15 is 0 Å². The normalized spacial score (nSPS) is 16.2. The molecule has 6 heteroatoms. The van der Waals surface area contributed by atoms with Gasteiger partial charge in [0.15, 0.2) is 0 Å². The molecule has 6 nitrogen and oxygen atoms in total. The summed E-state index contributed by atoms with van der Waals surface area (Å²) in [4.78, 5) is 32.4. The van der Waals surface area contributed by atoms with Crippen molar-refractivity contribution < 1.29 is 9.53 Å². The summed E-state index contributed by atoms with van der Waals surface area (Å²) in [7, 11) is 0. The molecule has 1 aromatic carbocycles. The van der Waals surface area contributed by atoms with Crippen molar-refractivity contribution in [2.75, 3.05) is 19.7 Å². The Kier molecular flexibility index (Phi) is 6.16. The van der Waals surface area contributed by atoms with E-state index in [1.54, 1.807) is 35.6 Å². The number of piperidine rings is 1. The number of pyridine rings is 2. The van der Waals surface area contributed by atoms with Crippen LogP contribution in [0.15, 0.2) is 65.8 Å². The van der Waals surface area contributed by atoms with Crippen LogP contribution in [-0.4, -0.2) is 40.1 Å². The lowest BCUT2D eigenvalue weighted by atomic mass is 9.97. The number of aryl methyl sites for hydroxylation is 2. The number of likely N-dealkylation sites (tertiary alicyclic amines) is 1. The van der Waals surface area contributed by atoms with Gasteiger partial charge in [-0.3, -0.25) is 19.1 Å². The maximum Gasteiger partial charge on any atom is 0.268 e. The molecular weight excluding hydrogens is 390 g/mol. The number of carbonyl (C=O) groups is 1. The Hall–Kier alpha value is -3.41. The maximum absolute atomic E-state index is 13.4. The van der Waals surface area contributed by atoms with Crippen LogP contribution in [0.1, 0.15) is 34.3 Å². The van der Waals surface area contributed by atoms with E-state index in [1.807, 2.05) is 44.2 Å². The van der Waals surface area contributed by atoms with Gasteiger partial charge in [0.1, 0.15) is 11.3 Å². The standard InChI is InChI=1S/C25H27N3O3/c1-18-7-3-4-10-22(18)31-17-20-8-6-13-27(16-20)24(29)23-19(2)11-14-28(25(23)30)21-9-5-12-26-15-21/h3-5,7,9-12,14-15,20H,6,8,13,16-17H2,1-2H3. The molecule has 3 heterocycles. The maximum atomic E-state index is 13.4. The largest absolute Gasteiger partial charge is 0.493 e. The number of benzene rings is 1. The third kappa shape index (κ3) is 4.53. The summed E-state index contributed by atoms with van der Waals surface area (Å²) in [5.41, 5.74) is 2.35. The van der Waals surface area contributed by atoms with Gasteiger partial charge in [-0.25, -0.2) is 0 Å². The van der Waals surface area contributed by atoms with Gasteiger partial charge in [-0.15, -0.1) is 0 Å². The van der Waals surface area contributed by atoms with Crippen molar-refractivity contribution in [1.82, 2.24) is 14.5 Å². The zero-order valence-corrected chi connectivity index (χ0v) is 18.0. The fraction of sp³-hybridized carbons (Fsp3) is 0.320. The molecule has 1 aliphatic rings. The summed E-state index contributed by atoms with van der Waals surface area (Å²) in [6, 6.07) is 13.3. The van der Waals surface area contributed by atoms with Crippen molar-refractivity contribution in [1.29, 1.82) is 0 Å². The summed E-state index contributed by atoms with van der Waals surface area (Å²) in [5, 5.41) is 0. The molecule has 0 spiro atoms. The Morgan fingerprint density at radius 2 is 1.97 bits per heavy atom. The van der Waals surface area contributed by atoms with E-state index < -0.39 is 0 Å². The summed E-state index contributed by atoms with van der Waals surface area (Å²) < 4.78 is 7.51. The molecule has 1 aliphatic heterocycles. The minimum atomic E-state index is -0.309. The first-order chi connectivity index (χ1) is 15.0. The van der Waals surface area contributed by atoms with Gasteiger partial charge in [-0.2, -0.15) is 0 Å². The molecule has 1 fully saturated rings. The van der Waals surface area contributed by atoms with Crippen molar-refractivity contribution in [3.8, 4) is 11.4 Å². The van der Waals surface area contributed by atoms with Gasteiger partial charge < -0.3 is 9.64 Å². The van der Waals surface area contributed by atoms with Crippen molar-refractivity contribution >= 4 is 5.91 Å². The van der Waals surface area contributed by atoms with E-state index in [2.05, 4.69) is 4.98 Å². The summed E-state index contributed by atoms with van der Waals surface area (Å²) in [6.07, 6.45) is 6.87. The van der Waals surface area contributed by atoms with Crippen molar-refractivity contribution in [3.05, 3.63) is 88.1 Å². The number of carbonyl (C=O) groups excluding carboxylic acids is 1. The number of aromatic nitrogens is 2. The molecule has 0 N–H and O–H groups in total. The van der Waals surface area contributed by atoms with E-state index in [1.165, 1.54) is 4.57 Å². The van der Waals surface area contributed by atoms with Crippen molar-refractivity contribution in [2.24, 2.45) is 5.92 Å². The van der Waals surface area contributed by atoms with Gasteiger partial charge in [0, 0.05) is 31.4 Å². The fourth-order valence-corrected chi connectivity index (χ4v) is 4.06. The second-order valence-electron chi connectivity index (χ2n) is 8.10.